The van der Waals surface area contributed by atoms with Gasteiger partial charge in [-0.2, -0.15) is 0 Å². The first-order valence-electron chi connectivity index (χ1n) is 5.71. The zero-order valence-corrected chi connectivity index (χ0v) is 11.0. The molecular formula is C11H20N4S. The highest BCUT2D eigenvalue weighted by atomic mass is 32.2. The summed E-state index contributed by atoms with van der Waals surface area (Å²) in [4.78, 5) is 8.78. The Hall–Kier alpha value is -0.970. The van der Waals surface area contributed by atoms with Crippen LogP contribution in [0.1, 0.15) is 26.7 Å². The molecule has 0 aliphatic heterocycles. The number of unbranched alkanes of at least 4 members (excludes halogenated alkanes) is 1. The van der Waals surface area contributed by atoms with Crippen molar-refractivity contribution in [2.45, 2.75) is 31.8 Å². The third-order valence-electron chi connectivity index (χ3n) is 2.08. The van der Waals surface area contributed by atoms with Gasteiger partial charge in [-0.05, 0) is 19.6 Å². The number of hydrogen-bond donors (Lipinski definition) is 2. The minimum absolute atomic E-state index is 0.803. The summed E-state index contributed by atoms with van der Waals surface area (Å²) in [5.41, 5.74) is 0. The standard InChI is InChI=1S/C11H20N4S/c1-4-6-7-13-10-8-9(12-5-2)14-11(15-10)16-3/h8H,4-7H2,1-3H3,(H2,12,13,14,15). The Morgan fingerprint density at radius 2 is 1.88 bits per heavy atom. The van der Waals surface area contributed by atoms with Gasteiger partial charge in [-0.3, -0.25) is 0 Å². The maximum atomic E-state index is 4.41. The molecule has 1 aromatic heterocycles. The quantitative estimate of drug-likeness (QED) is 0.436. The fraction of sp³-hybridized carbons (Fsp3) is 0.636. The monoisotopic (exact) mass is 240 g/mol. The number of nitrogens with zero attached hydrogens (tertiary/aromatic N) is 2. The van der Waals surface area contributed by atoms with E-state index in [0.29, 0.717) is 0 Å². The van der Waals surface area contributed by atoms with E-state index in [1.54, 1.807) is 11.8 Å². The molecule has 1 rings (SSSR count). The molecule has 0 radical (unpaired) electrons. The highest BCUT2D eigenvalue weighted by Crippen LogP contribution is 2.17. The van der Waals surface area contributed by atoms with Gasteiger partial charge in [0.15, 0.2) is 5.16 Å². The van der Waals surface area contributed by atoms with Gasteiger partial charge < -0.3 is 10.6 Å². The predicted octanol–water partition coefficient (Wildman–Crippen LogP) is 2.84. The van der Waals surface area contributed by atoms with Crippen molar-refractivity contribution in [1.29, 1.82) is 0 Å². The molecular weight excluding hydrogens is 220 g/mol. The van der Waals surface area contributed by atoms with Crippen LogP contribution >= 0.6 is 11.8 Å². The number of anilines is 2. The van der Waals surface area contributed by atoms with Crippen molar-refractivity contribution in [2.75, 3.05) is 30.0 Å². The molecule has 2 N–H and O–H groups in total. The number of rotatable bonds is 7. The molecule has 0 saturated heterocycles. The van der Waals surface area contributed by atoms with Crippen molar-refractivity contribution in [1.82, 2.24) is 9.97 Å². The summed E-state index contributed by atoms with van der Waals surface area (Å²) in [6.45, 7) is 6.08. The van der Waals surface area contributed by atoms with Crippen LogP contribution in [0.5, 0.6) is 0 Å². The number of nitrogens with one attached hydrogen (secondary N) is 2. The molecule has 0 amide bonds. The number of hydrogen-bond acceptors (Lipinski definition) is 5. The lowest BCUT2D eigenvalue weighted by Gasteiger charge is -2.09. The van der Waals surface area contributed by atoms with E-state index in [0.717, 1.165) is 36.3 Å². The van der Waals surface area contributed by atoms with Gasteiger partial charge in [0.05, 0.1) is 0 Å². The van der Waals surface area contributed by atoms with E-state index in [1.165, 1.54) is 6.42 Å². The lowest BCUT2D eigenvalue weighted by atomic mass is 10.3. The van der Waals surface area contributed by atoms with E-state index >= 15 is 0 Å². The molecule has 1 aromatic rings. The molecule has 5 heteroatoms. The van der Waals surface area contributed by atoms with Crippen molar-refractivity contribution in [2.24, 2.45) is 0 Å². The maximum absolute atomic E-state index is 4.41. The van der Waals surface area contributed by atoms with Crippen molar-refractivity contribution in [3.05, 3.63) is 6.07 Å². The lowest BCUT2D eigenvalue weighted by molar-refractivity contribution is 0.825. The first kappa shape index (κ1) is 13.1. The molecule has 16 heavy (non-hydrogen) atoms. The topological polar surface area (TPSA) is 49.8 Å². The maximum Gasteiger partial charge on any atom is 0.191 e. The highest BCUT2D eigenvalue weighted by Gasteiger charge is 2.02. The van der Waals surface area contributed by atoms with Gasteiger partial charge in [0.25, 0.3) is 0 Å². The van der Waals surface area contributed by atoms with Gasteiger partial charge in [0, 0.05) is 19.2 Å². The summed E-state index contributed by atoms with van der Waals surface area (Å²) in [6, 6.07) is 1.96. The van der Waals surface area contributed by atoms with Crippen LogP contribution in [-0.4, -0.2) is 29.3 Å². The van der Waals surface area contributed by atoms with Gasteiger partial charge in [0.2, 0.25) is 0 Å². The Morgan fingerprint density at radius 1 is 1.19 bits per heavy atom. The molecule has 0 unspecified atom stereocenters. The van der Waals surface area contributed by atoms with Gasteiger partial charge in [-0.25, -0.2) is 9.97 Å². The molecule has 1 heterocycles. The van der Waals surface area contributed by atoms with E-state index in [2.05, 4.69) is 34.4 Å². The molecule has 0 aromatic carbocycles. The third-order valence-corrected chi connectivity index (χ3v) is 2.63. The van der Waals surface area contributed by atoms with Crippen LogP contribution in [0.4, 0.5) is 11.6 Å². The molecule has 0 saturated carbocycles. The molecule has 0 aliphatic rings. The van der Waals surface area contributed by atoms with Crippen molar-refractivity contribution >= 4 is 23.4 Å². The summed E-state index contributed by atoms with van der Waals surface area (Å²) in [7, 11) is 0. The summed E-state index contributed by atoms with van der Waals surface area (Å²) in [5, 5.41) is 7.33. The minimum atomic E-state index is 0.803. The fourth-order valence-electron chi connectivity index (χ4n) is 1.27. The normalized spacial score (nSPS) is 10.2. The van der Waals surface area contributed by atoms with Gasteiger partial charge in [-0.1, -0.05) is 25.1 Å². The van der Waals surface area contributed by atoms with Crippen LogP contribution in [0, 0.1) is 0 Å². The van der Waals surface area contributed by atoms with Crippen LogP contribution < -0.4 is 10.6 Å². The Bertz CT molecular complexity index is 317. The Balaban J connectivity index is 2.69. The van der Waals surface area contributed by atoms with Crippen LogP contribution in [-0.2, 0) is 0 Å². The summed E-state index contributed by atoms with van der Waals surface area (Å²) >= 11 is 1.56. The number of thioether (sulfide) groups is 1. The lowest BCUT2D eigenvalue weighted by Crippen LogP contribution is -2.07. The summed E-state index contributed by atoms with van der Waals surface area (Å²) in [5.74, 6) is 1.80. The highest BCUT2D eigenvalue weighted by molar-refractivity contribution is 7.98. The van der Waals surface area contributed by atoms with Gasteiger partial charge in [-0.15, -0.1) is 0 Å². The second-order valence-corrected chi connectivity index (χ2v) is 4.21. The molecule has 4 nitrogen and oxygen atoms in total. The van der Waals surface area contributed by atoms with Gasteiger partial charge in [0.1, 0.15) is 11.6 Å². The molecule has 90 valence electrons. The van der Waals surface area contributed by atoms with E-state index < -0.39 is 0 Å². The van der Waals surface area contributed by atoms with E-state index in [9.17, 15) is 0 Å². The summed E-state index contributed by atoms with van der Waals surface area (Å²) in [6.07, 6.45) is 4.34. The SMILES string of the molecule is CCCCNc1cc(NCC)nc(SC)n1. The molecule has 0 aliphatic carbocycles. The Morgan fingerprint density at radius 3 is 2.44 bits per heavy atom. The molecule has 0 atom stereocenters. The Kier molecular flexibility index (Phi) is 6.00. The molecule has 0 bridgehead atoms. The van der Waals surface area contributed by atoms with E-state index in [4.69, 9.17) is 0 Å². The first-order chi connectivity index (χ1) is 7.80. The number of aromatic nitrogens is 2. The third kappa shape index (κ3) is 4.26. The van der Waals surface area contributed by atoms with Crippen LogP contribution in [0.15, 0.2) is 11.2 Å². The predicted molar refractivity (Wildman–Crippen MR) is 71.4 cm³/mol. The van der Waals surface area contributed by atoms with Crippen molar-refractivity contribution in [3.8, 4) is 0 Å². The van der Waals surface area contributed by atoms with Crippen LogP contribution in [0.25, 0.3) is 0 Å². The average Bonchev–Trinajstić information content (AvgIpc) is 2.29. The zero-order chi connectivity index (χ0) is 11.8. The molecule has 0 spiro atoms. The van der Waals surface area contributed by atoms with Crippen molar-refractivity contribution < 1.29 is 0 Å². The van der Waals surface area contributed by atoms with E-state index in [1.807, 2.05) is 12.3 Å². The average molecular weight is 240 g/mol. The van der Waals surface area contributed by atoms with Crippen molar-refractivity contribution in [3.63, 3.8) is 0 Å². The van der Waals surface area contributed by atoms with Crippen LogP contribution in [0.3, 0.4) is 0 Å². The fourth-order valence-corrected chi connectivity index (χ4v) is 1.65. The largest absolute Gasteiger partial charge is 0.370 e. The zero-order valence-electron chi connectivity index (χ0n) is 10.2. The Labute approximate surface area is 102 Å². The minimum Gasteiger partial charge on any atom is -0.370 e. The van der Waals surface area contributed by atoms with Crippen LogP contribution in [0.2, 0.25) is 0 Å². The first-order valence-corrected chi connectivity index (χ1v) is 6.93. The second kappa shape index (κ2) is 7.33. The summed E-state index contributed by atoms with van der Waals surface area (Å²) < 4.78 is 0. The second-order valence-electron chi connectivity index (χ2n) is 3.44. The molecule has 0 fully saturated rings. The van der Waals surface area contributed by atoms with Gasteiger partial charge >= 0.3 is 0 Å². The smallest absolute Gasteiger partial charge is 0.191 e. The van der Waals surface area contributed by atoms with E-state index in [-0.39, 0.29) is 0 Å².